The van der Waals surface area contributed by atoms with Gasteiger partial charge in [-0.15, -0.1) is 0 Å². The topological polar surface area (TPSA) is 70.7 Å². The van der Waals surface area contributed by atoms with E-state index in [1.807, 2.05) is 52.8 Å². The average Bonchev–Trinajstić information content (AvgIpc) is 3.35. The molecule has 0 aliphatic heterocycles. The first-order valence-electron chi connectivity index (χ1n) is 9.09. The molecule has 0 aromatic heterocycles. The van der Waals surface area contributed by atoms with Crippen molar-refractivity contribution in [1.29, 1.82) is 0 Å². The lowest BCUT2D eigenvalue weighted by Crippen LogP contribution is -2.51. The predicted octanol–water partition coefficient (Wildman–Crippen LogP) is 3.64. The SMILES string of the molecule is CN(C(=O)OC(C)(C)C)C(C)(C)CNc1cccc(C(=O)NC2CC2)c1. The van der Waals surface area contributed by atoms with Crippen molar-refractivity contribution in [2.45, 2.75) is 64.6 Å². The molecule has 0 atom stereocenters. The maximum Gasteiger partial charge on any atom is 0.410 e. The monoisotopic (exact) mass is 361 g/mol. The third kappa shape index (κ3) is 5.93. The summed E-state index contributed by atoms with van der Waals surface area (Å²) in [5.74, 6) is -0.0405. The normalized spacial score (nSPS) is 14.5. The Morgan fingerprint density at radius 1 is 1.19 bits per heavy atom. The molecule has 2 amide bonds. The third-order valence-corrected chi connectivity index (χ3v) is 4.34. The van der Waals surface area contributed by atoms with Gasteiger partial charge in [0.1, 0.15) is 5.60 Å². The molecule has 0 saturated heterocycles. The second-order valence-electron chi connectivity index (χ2n) is 8.53. The molecule has 1 aromatic rings. The number of anilines is 1. The van der Waals surface area contributed by atoms with Crippen molar-refractivity contribution in [3.8, 4) is 0 Å². The first-order valence-corrected chi connectivity index (χ1v) is 9.09. The van der Waals surface area contributed by atoms with Crippen LogP contribution in [0, 0.1) is 0 Å². The van der Waals surface area contributed by atoms with Crippen LogP contribution in [0.15, 0.2) is 24.3 Å². The molecule has 26 heavy (non-hydrogen) atoms. The van der Waals surface area contributed by atoms with Crippen molar-refractivity contribution in [2.24, 2.45) is 0 Å². The molecular weight excluding hydrogens is 330 g/mol. The van der Waals surface area contributed by atoms with Crippen LogP contribution in [-0.4, -0.2) is 47.7 Å². The van der Waals surface area contributed by atoms with Crippen molar-refractivity contribution in [3.63, 3.8) is 0 Å². The Morgan fingerprint density at radius 3 is 2.42 bits per heavy atom. The Balaban J connectivity index is 1.95. The zero-order valence-electron chi connectivity index (χ0n) is 16.7. The minimum absolute atomic E-state index is 0.0405. The number of likely N-dealkylation sites (N-methyl/N-ethyl adjacent to an activating group) is 1. The van der Waals surface area contributed by atoms with Gasteiger partial charge in [0, 0.05) is 30.9 Å². The first-order chi connectivity index (χ1) is 12.0. The second-order valence-corrected chi connectivity index (χ2v) is 8.53. The summed E-state index contributed by atoms with van der Waals surface area (Å²) >= 11 is 0. The van der Waals surface area contributed by atoms with Crippen LogP contribution in [-0.2, 0) is 4.74 Å². The van der Waals surface area contributed by atoms with E-state index in [0.29, 0.717) is 18.2 Å². The Bertz CT molecular complexity index is 661. The van der Waals surface area contributed by atoms with Crippen LogP contribution in [0.5, 0.6) is 0 Å². The number of carbonyl (C=O) groups is 2. The summed E-state index contributed by atoms with van der Waals surface area (Å²) in [6, 6.07) is 7.74. The summed E-state index contributed by atoms with van der Waals surface area (Å²) in [5.41, 5.74) is 0.492. The van der Waals surface area contributed by atoms with Gasteiger partial charge in [0.15, 0.2) is 0 Å². The highest BCUT2D eigenvalue weighted by Crippen LogP contribution is 2.21. The minimum Gasteiger partial charge on any atom is -0.444 e. The largest absolute Gasteiger partial charge is 0.444 e. The van der Waals surface area contributed by atoms with Gasteiger partial charge in [-0.1, -0.05) is 6.07 Å². The van der Waals surface area contributed by atoms with E-state index in [1.165, 1.54) is 0 Å². The average molecular weight is 361 g/mol. The van der Waals surface area contributed by atoms with Crippen molar-refractivity contribution < 1.29 is 14.3 Å². The van der Waals surface area contributed by atoms with Crippen LogP contribution in [0.25, 0.3) is 0 Å². The van der Waals surface area contributed by atoms with Gasteiger partial charge in [0.25, 0.3) is 5.91 Å². The molecule has 6 heteroatoms. The predicted molar refractivity (Wildman–Crippen MR) is 103 cm³/mol. The van der Waals surface area contributed by atoms with E-state index in [9.17, 15) is 9.59 Å². The highest BCUT2D eigenvalue weighted by Gasteiger charge is 2.31. The van der Waals surface area contributed by atoms with Crippen molar-refractivity contribution in [1.82, 2.24) is 10.2 Å². The molecule has 2 N–H and O–H groups in total. The van der Waals surface area contributed by atoms with Gasteiger partial charge in [-0.2, -0.15) is 0 Å². The highest BCUT2D eigenvalue weighted by molar-refractivity contribution is 5.95. The fourth-order valence-corrected chi connectivity index (χ4v) is 2.28. The number of nitrogens with one attached hydrogen (secondary N) is 2. The molecule has 1 fully saturated rings. The smallest absolute Gasteiger partial charge is 0.410 e. The Kier molecular flexibility index (Phi) is 5.84. The van der Waals surface area contributed by atoms with Gasteiger partial charge in [-0.05, 0) is 65.7 Å². The van der Waals surface area contributed by atoms with E-state index in [4.69, 9.17) is 4.74 Å². The molecule has 0 bridgehead atoms. The van der Waals surface area contributed by atoms with Gasteiger partial charge >= 0.3 is 6.09 Å². The Hall–Kier alpha value is -2.24. The fraction of sp³-hybridized carbons (Fsp3) is 0.600. The summed E-state index contributed by atoms with van der Waals surface area (Å²) < 4.78 is 5.44. The van der Waals surface area contributed by atoms with Crippen LogP contribution in [0.4, 0.5) is 10.5 Å². The number of benzene rings is 1. The van der Waals surface area contributed by atoms with Crippen molar-refractivity contribution in [2.75, 3.05) is 18.9 Å². The molecule has 144 valence electrons. The molecule has 1 aliphatic carbocycles. The number of rotatable bonds is 6. The molecule has 0 heterocycles. The van der Waals surface area contributed by atoms with E-state index in [2.05, 4.69) is 10.6 Å². The number of hydrogen-bond donors (Lipinski definition) is 2. The van der Waals surface area contributed by atoms with Crippen LogP contribution >= 0.6 is 0 Å². The van der Waals surface area contributed by atoms with E-state index in [1.54, 1.807) is 18.0 Å². The van der Waals surface area contributed by atoms with Crippen molar-refractivity contribution >= 4 is 17.7 Å². The maximum atomic E-state index is 12.3. The first kappa shape index (κ1) is 20.1. The lowest BCUT2D eigenvalue weighted by Gasteiger charge is -2.37. The molecule has 6 nitrogen and oxygen atoms in total. The molecule has 1 aromatic carbocycles. The van der Waals surface area contributed by atoms with E-state index >= 15 is 0 Å². The zero-order valence-corrected chi connectivity index (χ0v) is 16.7. The fourth-order valence-electron chi connectivity index (χ4n) is 2.28. The van der Waals surface area contributed by atoms with Gasteiger partial charge in [-0.25, -0.2) is 4.79 Å². The van der Waals surface area contributed by atoms with Gasteiger partial charge in [0.2, 0.25) is 0 Å². The number of ether oxygens (including phenoxy) is 1. The van der Waals surface area contributed by atoms with Gasteiger partial charge in [0.05, 0.1) is 5.54 Å². The van der Waals surface area contributed by atoms with E-state index in [0.717, 1.165) is 18.5 Å². The van der Waals surface area contributed by atoms with E-state index in [-0.39, 0.29) is 12.0 Å². The standard InChI is InChI=1S/C20H31N3O3/c1-19(2,3)26-18(25)23(6)20(4,5)13-21-16-9-7-8-14(12-16)17(24)22-15-10-11-15/h7-9,12,15,21H,10-11,13H2,1-6H3,(H,22,24). The number of amides is 2. The van der Waals surface area contributed by atoms with E-state index < -0.39 is 11.1 Å². The minimum atomic E-state index is -0.530. The molecule has 0 radical (unpaired) electrons. The van der Waals surface area contributed by atoms with Crippen LogP contribution in [0.1, 0.15) is 57.8 Å². The lowest BCUT2D eigenvalue weighted by molar-refractivity contribution is 0.0131. The lowest BCUT2D eigenvalue weighted by atomic mass is 10.0. The summed E-state index contributed by atoms with van der Waals surface area (Å²) in [5, 5.41) is 6.31. The second kappa shape index (κ2) is 7.56. The Morgan fingerprint density at radius 2 is 1.85 bits per heavy atom. The highest BCUT2D eigenvalue weighted by atomic mass is 16.6. The maximum absolute atomic E-state index is 12.3. The van der Waals surface area contributed by atoms with Gasteiger partial charge in [-0.3, -0.25) is 4.79 Å². The molecule has 1 saturated carbocycles. The summed E-state index contributed by atoms with van der Waals surface area (Å²) in [6.07, 6.45) is 1.77. The molecule has 0 spiro atoms. The third-order valence-electron chi connectivity index (χ3n) is 4.34. The quantitative estimate of drug-likeness (QED) is 0.812. The van der Waals surface area contributed by atoms with Crippen LogP contribution < -0.4 is 10.6 Å². The van der Waals surface area contributed by atoms with Crippen LogP contribution in [0.3, 0.4) is 0 Å². The van der Waals surface area contributed by atoms with Crippen LogP contribution in [0.2, 0.25) is 0 Å². The molecule has 1 aliphatic rings. The van der Waals surface area contributed by atoms with Gasteiger partial charge < -0.3 is 20.3 Å². The molecule has 0 unspecified atom stereocenters. The number of carbonyl (C=O) groups excluding carboxylic acids is 2. The molecule has 2 rings (SSSR count). The summed E-state index contributed by atoms with van der Waals surface area (Å²) in [7, 11) is 1.73. The molecular formula is C20H31N3O3. The Labute approximate surface area is 156 Å². The van der Waals surface area contributed by atoms with Crippen molar-refractivity contribution in [3.05, 3.63) is 29.8 Å². The number of hydrogen-bond acceptors (Lipinski definition) is 4. The number of nitrogens with zero attached hydrogens (tertiary/aromatic N) is 1. The summed E-state index contributed by atoms with van der Waals surface area (Å²) in [4.78, 5) is 26.1. The zero-order chi connectivity index (χ0) is 19.5. The summed E-state index contributed by atoms with van der Waals surface area (Å²) in [6.45, 7) is 10.0.